The normalized spacial score (nSPS) is 11.2. The number of methoxy groups -OCH3 is 1. The first kappa shape index (κ1) is 21.7. The highest BCUT2D eigenvalue weighted by molar-refractivity contribution is 14.1. The molecule has 0 radical (unpaired) electrons. The standard InChI is InChI=1S/C23H22IN3O3/c1-3-30-21-12-15(11-19(24)22(21)29-2)10-17(13-25)23(28)26-9-8-16-14-27-20-7-5-4-6-18(16)20/h4-7,10-12,14,27H,3,8-9H2,1-2H3,(H,26,28)/b17-10-. The minimum Gasteiger partial charge on any atom is -0.492 e. The number of carbonyl (C=O) groups is 1. The van der Waals surface area contributed by atoms with E-state index in [9.17, 15) is 10.1 Å². The van der Waals surface area contributed by atoms with Crippen LogP contribution >= 0.6 is 22.6 Å². The number of carbonyl (C=O) groups excluding carboxylic acids is 1. The SMILES string of the molecule is CCOc1cc(/C=C(/C#N)C(=O)NCCc2c[nH]c3ccccc23)cc(I)c1OC. The number of amides is 1. The van der Waals surface area contributed by atoms with E-state index in [1.54, 1.807) is 19.3 Å². The molecule has 0 aliphatic rings. The van der Waals surface area contributed by atoms with Crippen LogP contribution in [0.2, 0.25) is 0 Å². The molecule has 0 saturated carbocycles. The van der Waals surface area contributed by atoms with Crippen molar-refractivity contribution in [2.45, 2.75) is 13.3 Å². The summed E-state index contributed by atoms with van der Waals surface area (Å²) >= 11 is 2.14. The summed E-state index contributed by atoms with van der Waals surface area (Å²) < 4.78 is 11.8. The molecule has 2 N–H and O–H groups in total. The van der Waals surface area contributed by atoms with Gasteiger partial charge in [0.15, 0.2) is 11.5 Å². The average Bonchev–Trinajstić information content (AvgIpc) is 3.15. The highest BCUT2D eigenvalue weighted by atomic mass is 127. The minimum atomic E-state index is -0.402. The molecular formula is C23H22IN3O3. The van der Waals surface area contributed by atoms with E-state index in [1.807, 2.05) is 49.5 Å². The molecule has 154 valence electrons. The Kier molecular flexibility index (Phi) is 7.36. The zero-order chi connectivity index (χ0) is 21.5. The molecule has 2 aromatic carbocycles. The minimum absolute atomic E-state index is 0.0392. The summed E-state index contributed by atoms with van der Waals surface area (Å²) in [5.41, 5.74) is 2.93. The second-order valence-corrected chi connectivity index (χ2v) is 7.66. The van der Waals surface area contributed by atoms with Crippen LogP contribution in [0, 0.1) is 14.9 Å². The Morgan fingerprint density at radius 1 is 1.33 bits per heavy atom. The molecular weight excluding hydrogens is 493 g/mol. The molecule has 0 unspecified atom stereocenters. The van der Waals surface area contributed by atoms with Gasteiger partial charge < -0.3 is 19.8 Å². The molecule has 3 aromatic rings. The van der Waals surface area contributed by atoms with Crippen LogP contribution in [0.4, 0.5) is 0 Å². The number of aromatic amines is 1. The summed E-state index contributed by atoms with van der Waals surface area (Å²) in [5, 5.41) is 13.5. The van der Waals surface area contributed by atoms with Gasteiger partial charge in [0.1, 0.15) is 11.6 Å². The van der Waals surface area contributed by atoms with E-state index in [1.165, 1.54) is 0 Å². The Morgan fingerprint density at radius 2 is 2.13 bits per heavy atom. The van der Waals surface area contributed by atoms with Crippen LogP contribution in [-0.4, -0.2) is 31.2 Å². The topological polar surface area (TPSA) is 87.1 Å². The van der Waals surface area contributed by atoms with Gasteiger partial charge in [-0.1, -0.05) is 18.2 Å². The van der Waals surface area contributed by atoms with Gasteiger partial charge in [-0.05, 0) is 71.3 Å². The lowest BCUT2D eigenvalue weighted by Gasteiger charge is -2.12. The molecule has 0 saturated heterocycles. The van der Waals surface area contributed by atoms with Crippen molar-refractivity contribution in [1.82, 2.24) is 10.3 Å². The molecule has 6 nitrogen and oxygen atoms in total. The van der Waals surface area contributed by atoms with Crippen molar-refractivity contribution >= 4 is 45.5 Å². The van der Waals surface area contributed by atoms with E-state index in [-0.39, 0.29) is 5.57 Å². The highest BCUT2D eigenvalue weighted by Crippen LogP contribution is 2.34. The van der Waals surface area contributed by atoms with Gasteiger partial charge in [-0.2, -0.15) is 5.26 Å². The number of nitriles is 1. The van der Waals surface area contributed by atoms with Gasteiger partial charge in [0, 0.05) is 23.6 Å². The van der Waals surface area contributed by atoms with Crippen LogP contribution in [0.25, 0.3) is 17.0 Å². The van der Waals surface area contributed by atoms with E-state index >= 15 is 0 Å². The first-order valence-corrected chi connectivity index (χ1v) is 10.6. The van der Waals surface area contributed by atoms with Crippen LogP contribution in [0.5, 0.6) is 11.5 Å². The molecule has 30 heavy (non-hydrogen) atoms. The van der Waals surface area contributed by atoms with Gasteiger partial charge >= 0.3 is 0 Å². The summed E-state index contributed by atoms with van der Waals surface area (Å²) in [6.45, 7) is 2.81. The lowest BCUT2D eigenvalue weighted by atomic mass is 10.1. The Balaban J connectivity index is 1.71. The van der Waals surface area contributed by atoms with Crippen LogP contribution in [0.3, 0.4) is 0 Å². The summed E-state index contributed by atoms with van der Waals surface area (Å²) in [6.07, 6.45) is 4.18. The maximum Gasteiger partial charge on any atom is 0.261 e. The van der Waals surface area contributed by atoms with Gasteiger partial charge in [0.25, 0.3) is 5.91 Å². The number of hydrogen-bond donors (Lipinski definition) is 2. The number of halogens is 1. The number of aromatic nitrogens is 1. The quantitative estimate of drug-likeness (QED) is 0.264. The third-order valence-electron chi connectivity index (χ3n) is 4.57. The number of H-pyrrole nitrogens is 1. The van der Waals surface area contributed by atoms with Gasteiger partial charge in [-0.25, -0.2) is 0 Å². The zero-order valence-corrected chi connectivity index (χ0v) is 18.9. The van der Waals surface area contributed by atoms with Crippen LogP contribution in [0.1, 0.15) is 18.1 Å². The summed E-state index contributed by atoms with van der Waals surface area (Å²) in [6, 6.07) is 13.6. The van der Waals surface area contributed by atoms with Crippen LogP contribution < -0.4 is 14.8 Å². The van der Waals surface area contributed by atoms with Crippen LogP contribution in [-0.2, 0) is 11.2 Å². The number of nitrogens with one attached hydrogen (secondary N) is 2. The largest absolute Gasteiger partial charge is 0.492 e. The maximum atomic E-state index is 12.5. The van der Waals surface area contributed by atoms with Crippen LogP contribution in [0.15, 0.2) is 48.2 Å². The van der Waals surface area contributed by atoms with E-state index in [2.05, 4.69) is 32.9 Å². The van der Waals surface area contributed by atoms with Gasteiger partial charge in [0.2, 0.25) is 0 Å². The van der Waals surface area contributed by atoms with Crippen molar-refractivity contribution in [3.05, 3.63) is 62.9 Å². The molecule has 7 heteroatoms. The molecule has 0 bridgehead atoms. The van der Waals surface area contributed by atoms with Crippen molar-refractivity contribution < 1.29 is 14.3 Å². The average molecular weight is 515 g/mol. The number of para-hydroxylation sites is 1. The summed E-state index contributed by atoms with van der Waals surface area (Å²) in [5.74, 6) is 0.813. The first-order valence-electron chi connectivity index (χ1n) is 9.52. The fourth-order valence-corrected chi connectivity index (χ4v) is 4.04. The third-order valence-corrected chi connectivity index (χ3v) is 5.37. The summed E-state index contributed by atoms with van der Waals surface area (Å²) in [7, 11) is 1.58. The summed E-state index contributed by atoms with van der Waals surface area (Å²) in [4.78, 5) is 15.7. The van der Waals surface area contributed by atoms with Gasteiger partial charge in [-0.3, -0.25) is 4.79 Å². The fourth-order valence-electron chi connectivity index (χ4n) is 3.19. The predicted octanol–water partition coefficient (Wildman–Crippen LogP) is 4.45. The van der Waals surface area contributed by atoms with Crippen molar-refractivity contribution in [3.8, 4) is 17.6 Å². The molecule has 0 aliphatic carbocycles. The maximum absolute atomic E-state index is 12.5. The molecule has 0 aliphatic heterocycles. The molecule has 0 spiro atoms. The van der Waals surface area contributed by atoms with E-state index in [0.29, 0.717) is 36.6 Å². The lowest BCUT2D eigenvalue weighted by molar-refractivity contribution is -0.117. The monoisotopic (exact) mass is 515 g/mol. The van der Waals surface area contributed by atoms with Crippen molar-refractivity contribution in [2.24, 2.45) is 0 Å². The second kappa shape index (κ2) is 10.2. The number of nitrogens with zero attached hydrogens (tertiary/aromatic N) is 1. The zero-order valence-electron chi connectivity index (χ0n) is 16.8. The Hall–Kier alpha value is -2.99. The number of fused-ring (bicyclic) bond motifs is 1. The van der Waals surface area contributed by atoms with Crippen molar-refractivity contribution in [1.29, 1.82) is 5.26 Å². The number of hydrogen-bond acceptors (Lipinski definition) is 4. The number of benzene rings is 2. The predicted molar refractivity (Wildman–Crippen MR) is 125 cm³/mol. The molecule has 0 atom stereocenters. The van der Waals surface area contributed by atoms with Crippen molar-refractivity contribution in [3.63, 3.8) is 0 Å². The Labute approximate surface area is 189 Å². The van der Waals surface area contributed by atoms with Gasteiger partial charge in [-0.15, -0.1) is 0 Å². The molecule has 1 heterocycles. The van der Waals surface area contributed by atoms with Gasteiger partial charge in [0.05, 0.1) is 17.3 Å². The highest BCUT2D eigenvalue weighted by Gasteiger charge is 2.13. The molecule has 0 fully saturated rings. The smallest absolute Gasteiger partial charge is 0.261 e. The van der Waals surface area contributed by atoms with E-state index in [4.69, 9.17) is 9.47 Å². The third kappa shape index (κ3) is 4.94. The van der Waals surface area contributed by atoms with E-state index < -0.39 is 5.91 Å². The fraction of sp³-hybridized carbons (Fsp3) is 0.217. The Morgan fingerprint density at radius 3 is 2.87 bits per heavy atom. The molecule has 1 amide bonds. The molecule has 3 rings (SSSR count). The number of rotatable bonds is 8. The Bertz CT molecular complexity index is 1130. The lowest BCUT2D eigenvalue weighted by Crippen LogP contribution is -2.26. The molecule has 1 aromatic heterocycles. The second-order valence-electron chi connectivity index (χ2n) is 6.50. The van der Waals surface area contributed by atoms with Crippen molar-refractivity contribution in [2.75, 3.05) is 20.3 Å². The number of ether oxygens (including phenoxy) is 2. The van der Waals surface area contributed by atoms with E-state index in [0.717, 1.165) is 20.0 Å². The first-order chi connectivity index (χ1) is 14.6.